The third kappa shape index (κ3) is 3.84. The maximum Gasteiger partial charge on any atom is 0.241 e. The highest BCUT2D eigenvalue weighted by molar-refractivity contribution is 5.75. The SMILES string of the molecule is CCCNC(=O)Cn1nc(C)c(CNCC)c1C. The Morgan fingerprint density at radius 3 is 2.67 bits per heavy atom. The van der Waals surface area contributed by atoms with Crippen molar-refractivity contribution in [3.63, 3.8) is 0 Å². The van der Waals surface area contributed by atoms with E-state index in [1.165, 1.54) is 5.56 Å². The van der Waals surface area contributed by atoms with Crippen LogP contribution < -0.4 is 10.6 Å². The highest BCUT2D eigenvalue weighted by atomic mass is 16.2. The van der Waals surface area contributed by atoms with Crippen LogP contribution in [0.5, 0.6) is 0 Å². The molecule has 5 heteroatoms. The van der Waals surface area contributed by atoms with Crippen LogP contribution in [0.25, 0.3) is 0 Å². The lowest BCUT2D eigenvalue weighted by molar-refractivity contribution is -0.121. The molecule has 1 heterocycles. The maximum absolute atomic E-state index is 11.7. The fraction of sp³-hybridized carbons (Fsp3) is 0.692. The summed E-state index contributed by atoms with van der Waals surface area (Å²) in [6.45, 7) is 10.9. The lowest BCUT2D eigenvalue weighted by Gasteiger charge is -2.06. The van der Waals surface area contributed by atoms with E-state index < -0.39 is 0 Å². The molecule has 0 aromatic carbocycles. The van der Waals surface area contributed by atoms with Crippen LogP contribution in [0.4, 0.5) is 0 Å². The first kappa shape index (κ1) is 14.7. The van der Waals surface area contributed by atoms with E-state index in [1.54, 1.807) is 4.68 Å². The van der Waals surface area contributed by atoms with Gasteiger partial charge in [0.05, 0.1) is 5.69 Å². The molecule has 18 heavy (non-hydrogen) atoms. The molecule has 0 fully saturated rings. The van der Waals surface area contributed by atoms with Crippen molar-refractivity contribution in [3.05, 3.63) is 17.0 Å². The minimum absolute atomic E-state index is 0.0254. The quantitative estimate of drug-likeness (QED) is 0.765. The van der Waals surface area contributed by atoms with Gasteiger partial charge in [0.15, 0.2) is 0 Å². The van der Waals surface area contributed by atoms with E-state index in [0.29, 0.717) is 6.54 Å². The third-order valence-corrected chi connectivity index (χ3v) is 2.95. The summed E-state index contributed by atoms with van der Waals surface area (Å²) >= 11 is 0. The zero-order chi connectivity index (χ0) is 13.5. The summed E-state index contributed by atoms with van der Waals surface area (Å²) in [5.74, 6) is 0.0254. The lowest BCUT2D eigenvalue weighted by Crippen LogP contribution is -2.29. The average Bonchev–Trinajstić information content (AvgIpc) is 2.60. The summed E-state index contributed by atoms with van der Waals surface area (Å²) < 4.78 is 1.78. The molecule has 0 saturated heterocycles. The monoisotopic (exact) mass is 252 g/mol. The zero-order valence-corrected chi connectivity index (χ0v) is 11.8. The number of nitrogens with zero attached hydrogens (tertiary/aromatic N) is 2. The Balaban J connectivity index is 2.69. The Labute approximate surface area is 109 Å². The van der Waals surface area contributed by atoms with E-state index in [9.17, 15) is 4.79 Å². The Morgan fingerprint density at radius 1 is 1.33 bits per heavy atom. The van der Waals surface area contributed by atoms with Gasteiger partial charge in [0.1, 0.15) is 6.54 Å². The molecule has 1 aromatic rings. The van der Waals surface area contributed by atoms with E-state index in [0.717, 1.165) is 37.4 Å². The number of nitrogens with one attached hydrogen (secondary N) is 2. The molecule has 0 spiro atoms. The van der Waals surface area contributed by atoms with E-state index in [1.807, 2.05) is 20.8 Å². The maximum atomic E-state index is 11.7. The molecule has 0 aliphatic carbocycles. The molecule has 1 aromatic heterocycles. The van der Waals surface area contributed by atoms with Gasteiger partial charge in [-0.05, 0) is 26.8 Å². The minimum atomic E-state index is 0.0254. The van der Waals surface area contributed by atoms with Gasteiger partial charge in [-0.15, -0.1) is 0 Å². The van der Waals surface area contributed by atoms with Crippen LogP contribution in [0.2, 0.25) is 0 Å². The van der Waals surface area contributed by atoms with Crippen molar-refractivity contribution in [1.82, 2.24) is 20.4 Å². The van der Waals surface area contributed by atoms with Crippen LogP contribution in [0, 0.1) is 13.8 Å². The molecule has 0 atom stereocenters. The molecule has 2 N–H and O–H groups in total. The Morgan fingerprint density at radius 2 is 2.06 bits per heavy atom. The molecule has 0 aliphatic rings. The van der Waals surface area contributed by atoms with Crippen molar-refractivity contribution >= 4 is 5.91 Å². The third-order valence-electron chi connectivity index (χ3n) is 2.95. The summed E-state index contributed by atoms with van der Waals surface area (Å²) in [5, 5.41) is 10.6. The molecule has 102 valence electrons. The van der Waals surface area contributed by atoms with Gasteiger partial charge in [0.2, 0.25) is 5.91 Å². The van der Waals surface area contributed by atoms with Gasteiger partial charge in [-0.25, -0.2) is 0 Å². The van der Waals surface area contributed by atoms with Crippen molar-refractivity contribution in [2.75, 3.05) is 13.1 Å². The van der Waals surface area contributed by atoms with Gasteiger partial charge in [-0.2, -0.15) is 5.10 Å². The topological polar surface area (TPSA) is 59.0 Å². The fourth-order valence-corrected chi connectivity index (χ4v) is 1.85. The number of carbonyl (C=O) groups is 1. The van der Waals surface area contributed by atoms with Gasteiger partial charge in [-0.1, -0.05) is 13.8 Å². The highest BCUT2D eigenvalue weighted by Gasteiger charge is 2.12. The van der Waals surface area contributed by atoms with Gasteiger partial charge in [0, 0.05) is 24.3 Å². The number of hydrogen-bond donors (Lipinski definition) is 2. The molecular formula is C13H24N4O. The van der Waals surface area contributed by atoms with Gasteiger partial charge in [0.25, 0.3) is 0 Å². The number of amides is 1. The molecule has 0 bridgehead atoms. The summed E-state index contributed by atoms with van der Waals surface area (Å²) in [6.07, 6.45) is 0.953. The number of aryl methyl sites for hydroxylation is 1. The summed E-state index contributed by atoms with van der Waals surface area (Å²) in [6, 6.07) is 0. The molecule has 0 saturated carbocycles. The van der Waals surface area contributed by atoms with Crippen molar-refractivity contribution in [2.45, 2.75) is 47.2 Å². The summed E-state index contributed by atoms with van der Waals surface area (Å²) in [5.41, 5.74) is 3.26. The molecule has 0 unspecified atom stereocenters. The van der Waals surface area contributed by atoms with Crippen LogP contribution in [0.1, 0.15) is 37.2 Å². The first-order chi connectivity index (χ1) is 8.60. The van der Waals surface area contributed by atoms with E-state index in [4.69, 9.17) is 0 Å². The molecule has 1 rings (SSSR count). The largest absolute Gasteiger partial charge is 0.355 e. The van der Waals surface area contributed by atoms with E-state index in [2.05, 4.69) is 22.7 Å². The van der Waals surface area contributed by atoms with Crippen LogP contribution >= 0.6 is 0 Å². The predicted molar refractivity (Wildman–Crippen MR) is 72.4 cm³/mol. The number of hydrogen-bond acceptors (Lipinski definition) is 3. The van der Waals surface area contributed by atoms with Crippen molar-refractivity contribution in [2.24, 2.45) is 0 Å². The van der Waals surface area contributed by atoms with Crippen LogP contribution in [0.3, 0.4) is 0 Å². The zero-order valence-electron chi connectivity index (χ0n) is 11.8. The molecule has 0 radical (unpaired) electrons. The van der Waals surface area contributed by atoms with Crippen molar-refractivity contribution in [3.8, 4) is 0 Å². The second kappa shape index (κ2) is 7.16. The Kier molecular flexibility index (Phi) is 5.85. The molecule has 0 aliphatic heterocycles. The molecule has 5 nitrogen and oxygen atoms in total. The number of aromatic nitrogens is 2. The summed E-state index contributed by atoms with van der Waals surface area (Å²) in [4.78, 5) is 11.7. The highest BCUT2D eigenvalue weighted by Crippen LogP contribution is 2.12. The van der Waals surface area contributed by atoms with E-state index in [-0.39, 0.29) is 5.91 Å². The fourth-order valence-electron chi connectivity index (χ4n) is 1.85. The second-order valence-electron chi connectivity index (χ2n) is 4.44. The Hall–Kier alpha value is -1.36. The van der Waals surface area contributed by atoms with Gasteiger partial charge in [-0.3, -0.25) is 9.48 Å². The van der Waals surface area contributed by atoms with Crippen molar-refractivity contribution < 1.29 is 4.79 Å². The van der Waals surface area contributed by atoms with Crippen LogP contribution in [-0.4, -0.2) is 28.8 Å². The lowest BCUT2D eigenvalue weighted by atomic mass is 10.2. The smallest absolute Gasteiger partial charge is 0.241 e. The van der Waals surface area contributed by atoms with Crippen molar-refractivity contribution in [1.29, 1.82) is 0 Å². The predicted octanol–water partition coefficient (Wildman–Crippen LogP) is 1.14. The second-order valence-corrected chi connectivity index (χ2v) is 4.44. The molecular weight excluding hydrogens is 228 g/mol. The Bertz CT molecular complexity index is 398. The van der Waals surface area contributed by atoms with E-state index >= 15 is 0 Å². The van der Waals surface area contributed by atoms with Crippen LogP contribution in [-0.2, 0) is 17.9 Å². The first-order valence-corrected chi connectivity index (χ1v) is 6.60. The van der Waals surface area contributed by atoms with Crippen LogP contribution in [0.15, 0.2) is 0 Å². The number of carbonyl (C=O) groups excluding carboxylic acids is 1. The summed E-state index contributed by atoms with van der Waals surface area (Å²) in [7, 11) is 0. The minimum Gasteiger partial charge on any atom is -0.355 e. The first-order valence-electron chi connectivity index (χ1n) is 6.60. The average molecular weight is 252 g/mol. The van der Waals surface area contributed by atoms with Gasteiger partial charge < -0.3 is 10.6 Å². The van der Waals surface area contributed by atoms with Gasteiger partial charge >= 0.3 is 0 Å². The molecule has 1 amide bonds. The standard InChI is InChI=1S/C13H24N4O/c1-5-7-15-13(18)9-17-11(4)12(8-14-6-2)10(3)16-17/h14H,5-9H2,1-4H3,(H,15,18). The number of rotatable bonds is 7. The normalized spacial score (nSPS) is 10.7.